The highest BCUT2D eigenvalue weighted by molar-refractivity contribution is 7.07. The molecule has 0 atom stereocenters. The van der Waals surface area contributed by atoms with Crippen molar-refractivity contribution in [2.45, 2.75) is 26.3 Å². The van der Waals surface area contributed by atoms with Crippen LogP contribution in [0.3, 0.4) is 0 Å². The monoisotopic (exact) mass is 224 g/mol. The van der Waals surface area contributed by atoms with Crippen molar-refractivity contribution in [3.63, 3.8) is 0 Å². The van der Waals surface area contributed by atoms with Crippen molar-refractivity contribution in [1.29, 1.82) is 0 Å². The molecule has 0 radical (unpaired) electrons. The quantitative estimate of drug-likeness (QED) is 0.848. The first kappa shape index (κ1) is 10.1. The molecule has 15 heavy (non-hydrogen) atoms. The molecule has 2 aromatic heterocycles. The van der Waals surface area contributed by atoms with Crippen LogP contribution in [-0.2, 0) is 0 Å². The second-order valence-electron chi connectivity index (χ2n) is 4.17. The highest BCUT2D eigenvalue weighted by Gasteiger charge is 2.15. The van der Waals surface area contributed by atoms with E-state index in [1.165, 1.54) is 11.3 Å². The van der Waals surface area contributed by atoms with Gasteiger partial charge in [-0.2, -0.15) is 4.98 Å². The molecule has 2 rings (SSSR count). The van der Waals surface area contributed by atoms with Gasteiger partial charge in [0.1, 0.15) is 5.69 Å². The van der Waals surface area contributed by atoms with Crippen molar-refractivity contribution in [1.82, 2.24) is 15.1 Å². The third-order valence-corrected chi connectivity index (χ3v) is 2.16. The summed E-state index contributed by atoms with van der Waals surface area (Å²) >= 11 is 1.50. The standard InChI is InChI=1S/C9H12N4OS/c1-9(2,3)12-8-11-7(13-14-8)6-4-15-5-10-6/h4-5H,1-3H3,(H,11,12,13). The van der Waals surface area contributed by atoms with Gasteiger partial charge in [-0.25, -0.2) is 4.98 Å². The van der Waals surface area contributed by atoms with Gasteiger partial charge in [0.05, 0.1) is 5.51 Å². The number of rotatable bonds is 2. The van der Waals surface area contributed by atoms with E-state index in [0.29, 0.717) is 11.8 Å². The molecule has 0 saturated heterocycles. The summed E-state index contributed by atoms with van der Waals surface area (Å²) in [6, 6.07) is 0.422. The largest absolute Gasteiger partial charge is 0.333 e. The summed E-state index contributed by atoms with van der Waals surface area (Å²) in [5.74, 6) is 0.517. The molecule has 0 bridgehead atoms. The van der Waals surface area contributed by atoms with E-state index in [0.717, 1.165) is 5.69 Å². The van der Waals surface area contributed by atoms with Crippen molar-refractivity contribution in [2.75, 3.05) is 5.32 Å². The predicted molar refractivity (Wildman–Crippen MR) is 58.8 cm³/mol. The van der Waals surface area contributed by atoms with E-state index in [-0.39, 0.29) is 5.54 Å². The molecule has 0 aliphatic heterocycles. The van der Waals surface area contributed by atoms with Crippen LogP contribution >= 0.6 is 11.3 Å². The van der Waals surface area contributed by atoms with E-state index in [1.807, 2.05) is 26.2 Å². The molecule has 1 N–H and O–H groups in total. The van der Waals surface area contributed by atoms with Gasteiger partial charge in [0.2, 0.25) is 5.82 Å². The van der Waals surface area contributed by atoms with Gasteiger partial charge >= 0.3 is 6.01 Å². The molecule has 0 aliphatic carbocycles. The molecule has 0 fully saturated rings. The number of thiazole rings is 1. The smallest absolute Gasteiger partial charge is 0.322 e. The first-order chi connectivity index (χ1) is 7.04. The van der Waals surface area contributed by atoms with Crippen LogP contribution in [0.2, 0.25) is 0 Å². The number of nitrogens with zero attached hydrogens (tertiary/aromatic N) is 3. The van der Waals surface area contributed by atoms with Crippen LogP contribution in [0.1, 0.15) is 20.8 Å². The first-order valence-electron chi connectivity index (χ1n) is 4.55. The minimum atomic E-state index is -0.0914. The zero-order valence-corrected chi connectivity index (χ0v) is 9.63. The average molecular weight is 224 g/mol. The Morgan fingerprint density at radius 2 is 2.20 bits per heavy atom. The van der Waals surface area contributed by atoms with Gasteiger partial charge in [0.15, 0.2) is 0 Å². The summed E-state index contributed by atoms with van der Waals surface area (Å²) in [6.07, 6.45) is 0. The SMILES string of the molecule is CC(C)(C)Nc1nc(-c2cscn2)no1. The topological polar surface area (TPSA) is 63.8 Å². The Hall–Kier alpha value is -1.43. The molecule has 0 aliphatic rings. The lowest BCUT2D eigenvalue weighted by Crippen LogP contribution is -2.26. The molecule has 0 saturated carbocycles. The molecule has 6 heteroatoms. The van der Waals surface area contributed by atoms with Crippen LogP contribution in [-0.4, -0.2) is 20.7 Å². The maximum absolute atomic E-state index is 5.06. The van der Waals surface area contributed by atoms with Gasteiger partial charge < -0.3 is 9.84 Å². The zero-order valence-electron chi connectivity index (χ0n) is 8.81. The molecule has 0 aromatic carbocycles. The lowest BCUT2D eigenvalue weighted by atomic mass is 10.1. The molecule has 5 nitrogen and oxygen atoms in total. The van der Waals surface area contributed by atoms with Gasteiger partial charge in [0.25, 0.3) is 0 Å². The fourth-order valence-electron chi connectivity index (χ4n) is 1.02. The molecule has 0 amide bonds. The normalized spacial score (nSPS) is 11.7. The molecule has 2 aromatic rings. The minimum absolute atomic E-state index is 0.0914. The number of hydrogen-bond acceptors (Lipinski definition) is 6. The number of hydrogen-bond donors (Lipinski definition) is 1. The van der Waals surface area contributed by atoms with E-state index in [4.69, 9.17) is 4.52 Å². The van der Waals surface area contributed by atoms with Crippen molar-refractivity contribution in [2.24, 2.45) is 0 Å². The highest BCUT2D eigenvalue weighted by Crippen LogP contribution is 2.19. The van der Waals surface area contributed by atoms with E-state index < -0.39 is 0 Å². The van der Waals surface area contributed by atoms with Crippen LogP contribution in [0.5, 0.6) is 0 Å². The van der Waals surface area contributed by atoms with Crippen molar-refractivity contribution < 1.29 is 4.52 Å². The summed E-state index contributed by atoms with van der Waals surface area (Å²) in [6.45, 7) is 6.08. The highest BCUT2D eigenvalue weighted by atomic mass is 32.1. The van der Waals surface area contributed by atoms with E-state index >= 15 is 0 Å². The Balaban J connectivity index is 2.18. The van der Waals surface area contributed by atoms with Gasteiger partial charge in [-0.05, 0) is 20.8 Å². The molecule has 0 spiro atoms. The van der Waals surface area contributed by atoms with Gasteiger partial charge in [0, 0.05) is 10.9 Å². The summed E-state index contributed by atoms with van der Waals surface area (Å²) in [4.78, 5) is 8.30. The lowest BCUT2D eigenvalue weighted by molar-refractivity contribution is 0.420. The minimum Gasteiger partial charge on any atom is -0.333 e. The van der Waals surface area contributed by atoms with Crippen LogP contribution < -0.4 is 5.32 Å². The number of nitrogens with one attached hydrogen (secondary N) is 1. The first-order valence-corrected chi connectivity index (χ1v) is 5.49. The Morgan fingerprint density at radius 3 is 2.80 bits per heavy atom. The third kappa shape index (κ3) is 2.53. The van der Waals surface area contributed by atoms with Crippen molar-refractivity contribution in [3.05, 3.63) is 10.9 Å². The average Bonchev–Trinajstić information content (AvgIpc) is 2.68. The van der Waals surface area contributed by atoms with Gasteiger partial charge in [-0.1, -0.05) is 5.16 Å². The third-order valence-electron chi connectivity index (χ3n) is 1.57. The molecule has 80 valence electrons. The van der Waals surface area contributed by atoms with E-state index in [9.17, 15) is 0 Å². The van der Waals surface area contributed by atoms with Gasteiger partial charge in [-0.3, -0.25) is 0 Å². The second kappa shape index (κ2) is 3.62. The molecular formula is C9H12N4OS. The second-order valence-corrected chi connectivity index (χ2v) is 4.89. The van der Waals surface area contributed by atoms with E-state index in [1.54, 1.807) is 5.51 Å². The van der Waals surface area contributed by atoms with Crippen LogP contribution in [0.15, 0.2) is 15.4 Å². The fraction of sp³-hybridized carbons (Fsp3) is 0.444. The van der Waals surface area contributed by atoms with Gasteiger partial charge in [-0.15, -0.1) is 11.3 Å². The van der Waals surface area contributed by atoms with Crippen LogP contribution in [0.4, 0.5) is 6.01 Å². The Labute approximate surface area is 91.5 Å². The molecular weight excluding hydrogens is 212 g/mol. The summed E-state index contributed by atoms with van der Waals surface area (Å²) < 4.78 is 5.06. The summed E-state index contributed by atoms with van der Waals surface area (Å²) in [5, 5.41) is 8.82. The molecule has 2 heterocycles. The maximum atomic E-state index is 5.06. The maximum Gasteiger partial charge on any atom is 0.322 e. The summed E-state index contributed by atoms with van der Waals surface area (Å²) in [7, 11) is 0. The number of anilines is 1. The summed E-state index contributed by atoms with van der Waals surface area (Å²) in [5.41, 5.74) is 2.39. The fourth-order valence-corrected chi connectivity index (χ4v) is 1.55. The van der Waals surface area contributed by atoms with Crippen LogP contribution in [0, 0.1) is 0 Å². The van der Waals surface area contributed by atoms with Crippen LogP contribution in [0.25, 0.3) is 11.5 Å². The number of aromatic nitrogens is 3. The van der Waals surface area contributed by atoms with Crippen molar-refractivity contribution in [3.8, 4) is 11.5 Å². The zero-order chi connectivity index (χ0) is 10.9. The Kier molecular flexibility index (Phi) is 2.44. The van der Waals surface area contributed by atoms with E-state index in [2.05, 4.69) is 20.4 Å². The Bertz CT molecular complexity index is 429. The lowest BCUT2D eigenvalue weighted by Gasteiger charge is -2.17. The Morgan fingerprint density at radius 1 is 1.40 bits per heavy atom. The van der Waals surface area contributed by atoms with Crippen molar-refractivity contribution >= 4 is 17.4 Å². The molecule has 0 unspecified atom stereocenters. The predicted octanol–water partition coefficient (Wildman–Crippen LogP) is 2.40.